The summed E-state index contributed by atoms with van der Waals surface area (Å²) in [6.45, 7) is 4.20. The molecule has 1 aliphatic carbocycles. The van der Waals surface area contributed by atoms with Crippen LogP contribution in [0.2, 0.25) is 0 Å². The molecule has 4 nitrogen and oxygen atoms in total. The third-order valence-electron chi connectivity index (χ3n) is 4.98. The fraction of sp³-hybridized carbons (Fsp3) is 0.933. The molecular weight excluding hydrogens is 240 g/mol. The molecule has 2 rings (SSSR count). The summed E-state index contributed by atoms with van der Waals surface area (Å²) >= 11 is 0. The van der Waals surface area contributed by atoms with E-state index in [-0.39, 0.29) is 0 Å². The Morgan fingerprint density at radius 2 is 2.16 bits per heavy atom. The number of carboxylic acids is 1. The molecule has 1 atom stereocenters. The van der Waals surface area contributed by atoms with Crippen molar-refractivity contribution in [3.8, 4) is 0 Å². The topological polar surface area (TPSA) is 43.8 Å². The van der Waals surface area contributed by atoms with Crippen molar-refractivity contribution < 1.29 is 9.90 Å². The summed E-state index contributed by atoms with van der Waals surface area (Å²) in [5.41, 5.74) is -0.432. The van der Waals surface area contributed by atoms with Gasteiger partial charge in [-0.15, -0.1) is 0 Å². The number of aliphatic carboxylic acids is 1. The van der Waals surface area contributed by atoms with Crippen molar-refractivity contribution in [3.63, 3.8) is 0 Å². The molecule has 1 heterocycles. The minimum absolute atomic E-state index is 0.432. The molecule has 110 valence electrons. The summed E-state index contributed by atoms with van der Waals surface area (Å²) < 4.78 is 0. The zero-order valence-electron chi connectivity index (χ0n) is 12.4. The van der Waals surface area contributed by atoms with Gasteiger partial charge in [-0.25, -0.2) is 0 Å². The van der Waals surface area contributed by atoms with Gasteiger partial charge in [0.25, 0.3) is 0 Å². The molecule has 0 aromatic heterocycles. The number of hydrogen-bond acceptors (Lipinski definition) is 3. The van der Waals surface area contributed by atoms with Crippen molar-refractivity contribution >= 4 is 5.97 Å². The minimum atomic E-state index is -0.594. The van der Waals surface area contributed by atoms with Crippen LogP contribution in [0.15, 0.2) is 0 Å². The van der Waals surface area contributed by atoms with E-state index in [9.17, 15) is 9.90 Å². The highest BCUT2D eigenvalue weighted by Crippen LogP contribution is 2.41. The highest BCUT2D eigenvalue weighted by Gasteiger charge is 2.44. The lowest BCUT2D eigenvalue weighted by atomic mass is 9.68. The van der Waals surface area contributed by atoms with E-state index in [1.807, 2.05) is 0 Å². The molecule has 4 heteroatoms. The Bertz CT molecular complexity index is 315. The molecule has 19 heavy (non-hydrogen) atoms. The Kier molecular flexibility index (Phi) is 4.85. The van der Waals surface area contributed by atoms with Crippen LogP contribution in [0.5, 0.6) is 0 Å². The van der Waals surface area contributed by atoms with Gasteiger partial charge in [-0.2, -0.15) is 0 Å². The Hall–Kier alpha value is -0.610. The molecular formula is C15H28N2O2. The van der Waals surface area contributed by atoms with E-state index in [1.165, 1.54) is 32.4 Å². The quantitative estimate of drug-likeness (QED) is 0.799. The van der Waals surface area contributed by atoms with Crippen molar-refractivity contribution in [3.05, 3.63) is 0 Å². The average molecular weight is 268 g/mol. The maximum Gasteiger partial charge on any atom is 0.310 e. The molecule has 1 saturated heterocycles. The van der Waals surface area contributed by atoms with E-state index in [1.54, 1.807) is 0 Å². The predicted molar refractivity (Wildman–Crippen MR) is 76.3 cm³/mol. The Labute approximate surface area is 116 Å². The normalized spacial score (nSPS) is 27.2. The van der Waals surface area contributed by atoms with Crippen LogP contribution < -0.4 is 0 Å². The van der Waals surface area contributed by atoms with Gasteiger partial charge in [0.05, 0.1) is 5.41 Å². The molecule has 0 aromatic rings. The van der Waals surface area contributed by atoms with Gasteiger partial charge in [-0.1, -0.05) is 6.42 Å². The smallest absolute Gasteiger partial charge is 0.310 e. The summed E-state index contributed by atoms with van der Waals surface area (Å²) in [5, 5.41) is 9.35. The lowest BCUT2D eigenvalue weighted by molar-refractivity contribution is -0.156. The van der Waals surface area contributed by atoms with Crippen molar-refractivity contribution in [1.29, 1.82) is 0 Å². The van der Waals surface area contributed by atoms with Gasteiger partial charge < -0.3 is 14.9 Å². The van der Waals surface area contributed by atoms with E-state index in [4.69, 9.17) is 0 Å². The average Bonchev–Trinajstić information content (AvgIpc) is 2.31. The van der Waals surface area contributed by atoms with Crippen LogP contribution in [0.3, 0.4) is 0 Å². The molecule has 0 bridgehead atoms. The van der Waals surface area contributed by atoms with E-state index < -0.39 is 11.4 Å². The zero-order valence-corrected chi connectivity index (χ0v) is 12.4. The van der Waals surface area contributed by atoms with Crippen LogP contribution in [0.1, 0.15) is 38.5 Å². The second kappa shape index (κ2) is 6.23. The van der Waals surface area contributed by atoms with Gasteiger partial charge in [-0.05, 0) is 65.2 Å². The largest absolute Gasteiger partial charge is 0.481 e. The number of piperidine rings is 1. The summed E-state index contributed by atoms with van der Waals surface area (Å²) in [5.74, 6) is 0.200. The first-order valence-corrected chi connectivity index (χ1v) is 7.62. The molecule has 1 unspecified atom stereocenters. The first-order chi connectivity index (χ1) is 9.02. The first kappa shape index (κ1) is 14.8. The van der Waals surface area contributed by atoms with E-state index in [0.717, 1.165) is 38.3 Å². The van der Waals surface area contributed by atoms with Gasteiger partial charge in [0.15, 0.2) is 0 Å². The first-order valence-electron chi connectivity index (χ1n) is 7.62. The van der Waals surface area contributed by atoms with Gasteiger partial charge >= 0.3 is 5.97 Å². The Morgan fingerprint density at radius 1 is 1.42 bits per heavy atom. The third kappa shape index (κ3) is 3.69. The standard InChI is InChI=1S/C15H28N2O2/c1-16-9-3-5-13(11-16)6-10-17(2)12-15(14(18)19)7-4-8-15/h13H,3-12H2,1-2H3,(H,18,19). The SMILES string of the molecule is CN1CCCC(CCN(C)CC2(C(=O)O)CCC2)C1. The minimum Gasteiger partial charge on any atom is -0.481 e. The Balaban J connectivity index is 1.72. The Morgan fingerprint density at radius 3 is 2.68 bits per heavy atom. The third-order valence-corrected chi connectivity index (χ3v) is 4.98. The fourth-order valence-electron chi connectivity index (χ4n) is 3.55. The molecule has 0 spiro atoms. The molecule has 2 fully saturated rings. The molecule has 2 aliphatic rings. The number of rotatable bonds is 6. The summed E-state index contributed by atoms with van der Waals surface area (Å²) in [6.07, 6.45) is 6.65. The van der Waals surface area contributed by atoms with Gasteiger partial charge in [0.2, 0.25) is 0 Å². The molecule has 0 aromatic carbocycles. The number of nitrogens with zero attached hydrogens (tertiary/aromatic N) is 2. The second-order valence-corrected chi connectivity index (χ2v) is 6.74. The van der Waals surface area contributed by atoms with Crippen molar-refractivity contribution in [2.75, 3.05) is 40.3 Å². The van der Waals surface area contributed by atoms with Crippen LogP contribution in [0, 0.1) is 11.3 Å². The lowest BCUT2D eigenvalue weighted by Crippen LogP contribution is -2.47. The summed E-state index contributed by atoms with van der Waals surface area (Å²) in [7, 11) is 4.28. The maximum atomic E-state index is 11.4. The fourth-order valence-corrected chi connectivity index (χ4v) is 3.55. The zero-order chi connectivity index (χ0) is 13.9. The number of carbonyl (C=O) groups is 1. The van der Waals surface area contributed by atoms with Crippen molar-refractivity contribution in [2.45, 2.75) is 38.5 Å². The maximum absolute atomic E-state index is 11.4. The van der Waals surface area contributed by atoms with Gasteiger partial charge in [0.1, 0.15) is 0 Å². The van der Waals surface area contributed by atoms with Gasteiger partial charge in [0, 0.05) is 13.1 Å². The number of likely N-dealkylation sites (tertiary alicyclic amines) is 1. The highest BCUT2D eigenvalue weighted by molar-refractivity contribution is 5.76. The van der Waals surface area contributed by atoms with Gasteiger partial charge in [-0.3, -0.25) is 4.79 Å². The van der Waals surface area contributed by atoms with Crippen molar-refractivity contribution in [2.24, 2.45) is 11.3 Å². The highest BCUT2D eigenvalue weighted by atomic mass is 16.4. The van der Waals surface area contributed by atoms with Crippen molar-refractivity contribution in [1.82, 2.24) is 9.80 Å². The second-order valence-electron chi connectivity index (χ2n) is 6.74. The van der Waals surface area contributed by atoms with E-state index >= 15 is 0 Å². The molecule has 0 amide bonds. The van der Waals surface area contributed by atoms with E-state index in [2.05, 4.69) is 23.9 Å². The van der Waals surface area contributed by atoms with Crippen LogP contribution in [-0.4, -0.2) is 61.2 Å². The summed E-state index contributed by atoms with van der Waals surface area (Å²) in [4.78, 5) is 16.0. The van der Waals surface area contributed by atoms with Crippen LogP contribution in [-0.2, 0) is 4.79 Å². The lowest BCUT2D eigenvalue weighted by Gasteiger charge is -2.41. The molecule has 1 N–H and O–H groups in total. The number of hydrogen-bond donors (Lipinski definition) is 1. The van der Waals surface area contributed by atoms with Crippen LogP contribution in [0.25, 0.3) is 0 Å². The number of carboxylic acid groups (broad SMARTS) is 1. The molecule has 1 aliphatic heterocycles. The molecule has 1 saturated carbocycles. The van der Waals surface area contributed by atoms with Crippen LogP contribution >= 0.6 is 0 Å². The van der Waals surface area contributed by atoms with Crippen LogP contribution in [0.4, 0.5) is 0 Å². The predicted octanol–water partition coefficient (Wildman–Crippen LogP) is 1.90. The molecule has 0 radical (unpaired) electrons. The van der Waals surface area contributed by atoms with E-state index in [0.29, 0.717) is 0 Å². The monoisotopic (exact) mass is 268 g/mol. The summed E-state index contributed by atoms with van der Waals surface area (Å²) in [6, 6.07) is 0.